The number of carbonyl (C=O) groups excluding carboxylic acids is 2. The molecule has 0 radical (unpaired) electrons. The van der Waals surface area contributed by atoms with Crippen LogP contribution in [0.1, 0.15) is 23.5 Å². The van der Waals surface area contributed by atoms with E-state index < -0.39 is 5.97 Å². The van der Waals surface area contributed by atoms with Crippen molar-refractivity contribution in [2.45, 2.75) is 26.7 Å². The lowest BCUT2D eigenvalue weighted by Gasteiger charge is -2.06. The minimum absolute atomic E-state index is 0.117. The van der Waals surface area contributed by atoms with E-state index in [0.717, 1.165) is 0 Å². The van der Waals surface area contributed by atoms with Gasteiger partial charge in [-0.15, -0.1) is 0 Å². The van der Waals surface area contributed by atoms with Crippen molar-refractivity contribution in [3.8, 4) is 0 Å². The van der Waals surface area contributed by atoms with Crippen LogP contribution in [-0.4, -0.2) is 35.5 Å². The molecule has 7 nitrogen and oxygen atoms in total. The van der Waals surface area contributed by atoms with E-state index in [2.05, 4.69) is 20.0 Å². The van der Waals surface area contributed by atoms with Gasteiger partial charge in [-0.2, -0.15) is 0 Å². The number of nitrogens with one attached hydrogen (secondary N) is 2. The van der Waals surface area contributed by atoms with E-state index in [1.54, 1.807) is 13.8 Å². The van der Waals surface area contributed by atoms with Crippen LogP contribution in [0.5, 0.6) is 0 Å². The van der Waals surface area contributed by atoms with Gasteiger partial charge in [0.1, 0.15) is 12.4 Å². The third kappa shape index (κ3) is 4.53. The fourth-order valence-corrected chi connectivity index (χ4v) is 1.62. The zero-order chi connectivity index (χ0) is 14.4. The highest BCUT2D eigenvalue weighted by Crippen LogP contribution is 2.02. The minimum Gasteiger partial charge on any atom is -0.468 e. The summed E-state index contributed by atoms with van der Waals surface area (Å²) in [6.45, 7) is 3.25. The molecule has 19 heavy (non-hydrogen) atoms. The van der Waals surface area contributed by atoms with E-state index in [0.29, 0.717) is 17.1 Å². The van der Waals surface area contributed by atoms with Gasteiger partial charge in [0, 0.05) is 17.7 Å². The average molecular weight is 267 g/mol. The van der Waals surface area contributed by atoms with Crippen molar-refractivity contribution < 1.29 is 14.3 Å². The third-order valence-corrected chi connectivity index (χ3v) is 2.60. The van der Waals surface area contributed by atoms with Gasteiger partial charge >= 0.3 is 5.97 Å². The summed E-state index contributed by atoms with van der Waals surface area (Å²) in [7, 11) is 1.25. The molecule has 0 aliphatic carbocycles. The predicted molar refractivity (Wildman–Crippen MR) is 67.7 cm³/mol. The van der Waals surface area contributed by atoms with Crippen LogP contribution in [0.4, 0.5) is 0 Å². The number of amides is 1. The standard InChI is InChI=1S/C12H17N3O4/c1-7-9(12(18)15-8(2)14-7)4-5-10(16)13-6-11(17)19-3/h4-6H2,1-3H3,(H,13,16)(H,14,15,18). The summed E-state index contributed by atoms with van der Waals surface area (Å²) >= 11 is 0. The molecule has 0 atom stereocenters. The van der Waals surface area contributed by atoms with Crippen LogP contribution < -0.4 is 10.9 Å². The van der Waals surface area contributed by atoms with E-state index >= 15 is 0 Å². The number of aromatic amines is 1. The summed E-state index contributed by atoms with van der Waals surface area (Å²) in [6.07, 6.45) is 0.396. The Hall–Kier alpha value is -2.18. The Morgan fingerprint density at radius 2 is 2.05 bits per heavy atom. The van der Waals surface area contributed by atoms with Crippen molar-refractivity contribution in [1.82, 2.24) is 15.3 Å². The number of esters is 1. The van der Waals surface area contributed by atoms with Gasteiger partial charge in [0.25, 0.3) is 5.56 Å². The third-order valence-electron chi connectivity index (χ3n) is 2.60. The molecule has 0 saturated carbocycles. The smallest absolute Gasteiger partial charge is 0.325 e. The second-order valence-electron chi connectivity index (χ2n) is 4.07. The van der Waals surface area contributed by atoms with Crippen molar-refractivity contribution in [3.63, 3.8) is 0 Å². The van der Waals surface area contributed by atoms with Gasteiger partial charge in [-0.05, 0) is 20.3 Å². The molecule has 1 amide bonds. The summed E-state index contributed by atoms with van der Waals surface area (Å²) in [4.78, 5) is 40.7. The van der Waals surface area contributed by atoms with Crippen molar-refractivity contribution in [1.29, 1.82) is 0 Å². The molecule has 104 valence electrons. The second-order valence-corrected chi connectivity index (χ2v) is 4.07. The molecule has 1 heterocycles. The van der Waals surface area contributed by atoms with Gasteiger partial charge < -0.3 is 15.0 Å². The number of aryl methyl sites for hydroxylation is 2. The maximum Gasteiger partial charge on any atom is 0.325 e. The molecule has 1 aromatic rings. The number of ether oxygens (including phenoxy) is 1. The molecule has 0 bridgehead atoms. The Morgan fingerprint density at radius 1 is 1.37 bits per heavy atom. The Balaban J connectivity index is 2.56. The molecule has 0 spiro atoms. The Bertz CT molecular complexity index is 536. The van der Waals surface area contributed by atoms with Crippen molar-refractivity contribution >= 4 is 11.9 Å². The summed E-state index contributed by atoms with van der Waals surface area (Å²) in [6, 6.07) is 0. The van der Waals surface area contributed by atoms with E-state index in [1.165, 1.54) is 7.11 Å². The number of methoxy groups -OCH3 is 1. The molecule has 0 saturated heterocycles. The van der Waals surface area contributed by atoms with Crippen molar-refractivity contribution in [3.05, 3.63) is 27.4 Å². The first kappa shape index (κ1) is 14.9. The monoisotopic (exact) mass is 267 g/mol. The molecule has 1 rings (SSSR count). The zero-order valence-electron chi connectivity index (χ0n) is 11.2. The summed E-state index contributed by atoms with van der Waals surface area (Å²) in [5, 5.41) is 2.41. The SMILES string of the molecule is COC(=O)CNC(=O)CCc1c(C)nc(C)[nH]c1=O. The van der Waals surface area contributed by atoms with E-state index in [4.69, 9.17) is 0 Å². The average Bonchev–Trinajstić information content (AvgIpc) is 2.34. The molecule has 0 fully saturated rings. The van der Waals surface area contributed by atoms with Gasteiger partial charge in [-0.3, -0.25) is 14.4 Å². The maximum absolute atomic E-state index is 11.7. The van der Waals surface area contributed by atoms with Crippen molar-refractivity contribution in [2.24, 2.45) is 0 Å². The number of hydrogen-bond acceptors (Lipinski definition) is 5. The lowest BCUT2D eigenvalue weighted by Crippen LogP contribution is -2.30. The number of aromatic nitrogens is 2. The molecule has 2 N–H and O–H groups in total. The van der Waals surface area contributed by atoms with Gasteiger partial charge in [0.2, 0.25) is 5.91 Å². The Kier molecular flexibility index (Phi) is 5.23. The predicted octanol–water partition coefficient (Wildman–Crippen LogP) is -0.391. The first-order chi connectivity index (χ1) is 8.93. The molecule has 1 aromatic heterocycles. The number of hydrogen-bond donors (Lipinski definition) is 2. The normalized spacial score (nSPS) is 10.1. The molecule has 7 heteroatoms. The second kappa shape index (κ2) is 6.67. The largest absolute Gasteiger partial charge is 0.468 e. The quantitative estimate of drug-likeness (QED) is 0.707. The highest BCUT2D eigenvalue weighted by Gasteiger charge is 2.10. The molecular formula is C12H17N3O4. The fraction of sp³-hybridized carbons (Fsp3) is 0.500. The molecule has 0 aliphatic rings. The minimum atomic E-state index is -0.514. The van der Waals surface area contributed by atoms with Crippen LogP contribution >= 0.6 is 0 Å². The topological polar surface area (TPSA) is 101 Å². The summed E-state index contributed by atoms with van der Waals surface area (Å²) in [5.74, 6) is -0.287. The number of carbonyl (C=O) groups is 2. The van der Waals surface area contributed by atoms with Crippen LogP contribution in [0, 0.1) is 13.8 Å². The van der Waals surface area contributed by atoms with E-state index in [-0.39, 0.29) is 30.9 Å². The first-order valence-corrected chi connectivity index (χ1v) is 5.84. The van der Waals surface area contributed by atoms with Gasteiger partial charge in [0.05, 0.1) is 7.11 Å². The van der Waals surface area contributed by atoms with Crippen LogP contribution in [0.15, 0.2) is 4.79 Å². The van der Waals surface area contributed by atoms with Gasteiger partial charge in [0.15, 0.2) is 0 Å². The lowest BCUT2D eigenvalue weighted by molar-refractivity contribution is -0.141. The molecule has 0 aliphatic heterocycles. The molecular weight excluding hydrogens is 250 g/mol. The Labute approximate surface area is 110 Å². The van der Waals surface area contributed by atoms with Crippen LogP contribution in [-0.2, 0) is 20.7 Å². The van der Waals surface area contributed by atoms with Crippen LogP contribution in [0.2, 0.25) is 0 Å². The Morgan fingerprint density at radius 3 is 2.63 bits per heavy atom. The van der Waals surface area contributed by atoms with E-state index in [9.17, 15) is 14.4 Å². The van der Waals surface area contributed by atoms with Crippen LogP contribution in [0.3, 0.4) is 0 Å². The highest BCUT2D eigenvalue weighted by atomic mass is 16.5. The van der Waals surface area contributed by atoms with E-state index in [1.807, 2.05) is 0 Å². The van der Waals surface area contributed by atoms with Crippen molar-refractivity contribution in [2.75, 3.05) is 13.7 Å². The maximum atomic E-state index is 11.7. The lowest BCUT2D eigenvalue weighted by atomic mass is 10.1. The van der Waals surface area contributed by atoms with Crippen LogP contribution in [0.25, 0.3) is 0 Å². The number of H-pyrrole nitrogens is 1. The zero-order valence-corrected chi connectivity index (χ0v) is 11.2. The summed E-state index contributed by atoms with van der Waals surface area (Å²) in [5.41, 5.74) is 0.867. The summed E-state index contributed by atoms with van der Waals surface area (Å²) < 4.78 is 4.40. The molecule has 0 unspecified atom stereocenters. The molecule has 0 aromatic carbocycles. The first-order valence-electron chi connectivity index (χ1n) is 5.84. The van der Waals surface area contributed by atoms with Gasteiger partial charge in [-0.1, -0.05) is 0 Å². The number of nitrogens with zero attached hydrogens (tertiary/aromatic N) is 1. The number of rotatable bonds is 5. The fourth-order valence-electron chi connectivity index (χ4n) is 1.62. The highest BCUT2D eigenvalue weighted by molar-refractivity contribution is 5.81. The van der Waals surface area contributed by atoms with Gasteiger partial charge in [-0.25, -0.2) is 4.98 Å².